The lowest BCUT2D eigenvalue weighted by Crippen LogP contribution is -2.32. The zero-order chi connectivity index (χ0) is 14.3. The molecule has 1 saturated heterocycles. The van der Waals surface area contributed by atoms with Crippen LogP contribution in [0.15, 0.2) is 5.28 Å². The van der Waals surface area contributed by atoms with Gasteiger partial charge in [-0.05, 0) is 12.8 Å². The number of carbonyl (C=O) groups is 2. The van der Waals surface area contributed by atoms with Gasteiger partial charge in [0.25, 0.3) is 0 Å². The van der Waals surface area contributed by atoms with Crippen LogP contribution in [0.2, 0.25) is 0 Å². The number of aliphatic hydroxyl groups excluding tert-OH is 1. The van der Waals surface area contributed by atoms with Crippen LogP contribution in [0.25, 0.3) is 0 Å². The molecular formula is C10H18N4O5. The van der Waals surface area contributed by atoms with Crippen molar-refractivity contribution in [2.45, 2.75) is 25.7 Å². The lowest BCUT2D eigenvalue weighted by atomic mass is 10.3. The summed E-state index contributed by atoms with van der Waals surface area (Å²) in [5.41, 5.74) is 0. The predicted molar refractivity (Wildman–Crippen MR) is 62.0 cm³/mol. The number of likely N-dealkylation sites (tertiary alicyclic amines) is 1. The third-order valence-electron chi connectivity index (χ3n) is 2.65. The van der Waals surface area contributed by atoms with Crippen molar-refractivity contribution in [2.75, 3.05) is 26.9 Å². The Labute approximate surface area is 110 Å². The minimum absolute atomic E-state index is 0.0690. The van der Waals surface area contributed by atoms with Crippen LogP contribution < -0.4 is 0 Å². The first-order valence-electron chi connectivity index (χ1n) is 6.01. The molecule has 0 unspecified atom stereocenters. The van der Waals surface area contributed by atoms with Gasteiger partial charge >= 0.3 is 0 Å². The van der Waals surface area contributed by atoms with Crippen molar-refractivity contribution < 1.29 is 24.5 Å². The van der Waals surface area contributed by atoms with Gasteiger partial charge in [0.2, 0.25) is 23.8 Å². The first-order valence-corrected chi connectivity index (χ1v) is 6.01. The maximum Gasteiger partial charge on any atom is 0.235 e. The van der Waals surface area contributed by atoms with Gasteiger partial charge in [-0.15, -0.1) is 5.01 Å². The molecular weight excluding hydrogens is 256 g/mol. The molecule has 9 heteroatoms. The van der Waals surface area contributed by atoms with Crippen LogP contribution in [-0.4, -0.2) is 58.7 Å². The van der Waals surface area contributed by atoms with Crippen molar-refractivity contribution in [1.82, 2.24) is 9.91 Å². The molecule has 0 spiro atoms. The number of hydrazine groups is 1. The highest BCUT2D eigenvalue weighted by molar-refractivity contribution is 6.01. The van der Waals surface area contributed by atoms with Crippen molar-refractivity contribution in [3.05, 3.63) is 5.21 Å². The summed E-state index contributed by atoms with van der Waals surface area (Å²) in [5, 5.41) is 24.5. The molecule has 0 bridgehead atoms. The number of imide groups is 1. The molecule has 19 heavy (non-hydrogen) atoms. The van der Waals surface area contributed by atoms with Crippen LogP contribution in [0.1, 0.15) is 25.7 Å². The van der Waals surface area contributed by atoms with Gasteiger partial charge in [-0.1, -0.05) is 0 Å². The van der Waals surface area contributed by atoms with Crippen molar-refractivity contribution in [1.29, 1.82) is 0 Å². The summed E-state index contributed by atoms with van der Waals surface area (Å²) in [6.07, 6.45) is 1.58. The Bertz CT molecular complexity index is 344. The van der Waals surface area contributed by atoms with Gasteiger partial charge in [-0.3, -0.25) is 9.59 Å². The van der Waals surface area contributed by atoms with Gasteiger partial charge in [0.05, 0.1) is 18.6 Å². The van der Waals surface area contributed by atoms with Crippen LogP contribution in [0, 0.1) is 5.21 Å². The Kier molecular flexibility index (Phi) is 6.00. The van der Waals surface area contributed by atoms with Crippen molar-refractivity contribution in [2.24, 2.45) is 5.28 Å². The van der Waals surface area contributed by atoms with E-state index in [0.717, 1.165) is 4.90 Å². The standard InChI is InChI=1S/C10H18N4O5/c1-12(6-2-3-7-15)14(18)11-19-8-13-9(16)4-5-10(13)17/h15H,2-8H2,1H3/b14-11+. The molecule has 1 N–H and O–H groups in total. The summed E-state index contributed by atoms with van der Waals surface area (Å²) in [6, 6.07) is 0. The van der Waals surface area contributed by atoms with Gasteiger partial charge in [0, 0.05) is 19.4 Å². The van der Waals surface area contributed by atoms with E-state index in [4.69, 9.17) is 5.11 Å². The van der Waals surface area contributed by atoms with Gasteiger partial charge in [-0.2, -0.15) is 0 Å². The van der Waals surface area contributed by atoms with Crippen LogP contribution in [-0.2, 0) is 14.4 Å². The molecule has 2 amide bonds. The smallest absolute Gasteiger partial charge is 0.235 e. The number of amides is 2. The summed E-state index contributed by atoms with van der Waals surface area (Å²) >= 11 is 0. The van der Waals surface area contributed by atoms with E-state index in [2.05, 4.69) is 10.1 Å². The van der Waals surface area contributed by atoms with E-state index >= 15 is 0 Å². The number of hydrogen-bond acceptors (Lipinski definition) is 6. The monoisotopic (exact) mass is 274 g/mol. The molecule has 1 aliphatic heterocycles. The van der Waals surface area contributed by atoms with Gasteiger partial charge < -0.3 is 15.2 Å². The molecule has 9 nitrogen and oxygen atoms in total. The van der Waals surface area contributed by atoms with E-state index in [1.165, 1.54) is 12.1 Å². The highest BCUT2D eigenvalue weighted by Crippen LogP contribution is 2.11. The molecule has 0 aromatic rings. The summed E-state index contributed by atoms with van der Waals surface area (Å²) in [5.74, 6) is -0.650. The Hall–Kier alpha value is -1.90. The Morgan fingerprint density at radius 1 is 1.42 bits per heavy atom. The summed E-state index contributed by atoms with van der Waals surface area (Å²) < 4.78 is 0. The molecule has 108 valence electrons. The number of rotatable bonds is 8. The maximum absolute atomic E-state index is 11.4. The molecule has 0 aliphatic carbocycles. The normalized spacial score (nSPS) is 16.1. The molecule has 0 atom stereocenters. The van der Waals surface area contributed by atoms with Crippen LogP contribution in [0.4, 0.5) is 0 Å². The summed E-state index contributed by atoms with van der Waals surface area (Å²) in [4.78, 5) is 28.3. The summed E-state index contributed by atoms with van der Waals surface area (Å²) in [7, 11) is 1.52. The number of hydrogen-bond donors (Lipinski definition) is 1. The first-order chi connectivity index (χ1) is 9.06. The van der Waals surface area contributed by atoms with E-state index in [9.17, 15) is 14.8 Å². The van der Waals surface area contributed by atoms with Crippen molar-refractivity contribution in [3.8, 4) is 0 Å². The lowest BCUT2D eigenvalue weighted by molar-refractivity contribution is -0.705. The molecule has 1 rings (SSSR count). The number of unbranched alkanes of at least 4 members (excludes halogenated alkanes) is 1. The Morgan fingerprint density at radius 2 is 2.05 bits per heavy atom. The van der Waals surface area contributed by atoms with E-state index in [0.29, 0.717) is 19.4 Å². The SMILES string of the molecule is CN(CCCCO)/[N+]([O-])=N\OCN1C(=O)CCC1=O. The number of carbonyl (C=O) groups excluding carboxylic acids is 2. The second-order valence-corrected chi connectivity index (χ2v) is 4.12. The zero-order valence-electron chi connectivity index (χ0n) is 10.8. The minimum atomic E-state index is -0.346. The highest BCUT2D eigenvalue weighted by Gasteiger charge is 2.29. The molecule has 1 heterocycles. The minimum Gasteiger partial charge on any atom is -0.569 e. The van der Waals surface area contributed by atoms with E-state index in [1.807, 2.05) is 0 Å². The topological polar surface area (TPSA) is 109 Å². The largest absolute Gasteiger partial charge is 0.569 e. The van der Waals surface area contributed by atoms with Crippen molar-refractivity contribution >= 4 is 11.8 Å². The predicted octanol–water partition coefficient (Wildman–Crippen LogP) is -0.394. The lowest BCUT2D eigenvalue weighted by Gasteiger charge is -2.13. The van der Waals surface area contributed by atoms with Gasteiger partial charge in [0.1, 0.15) is 0 Å². The fraction of sp³-hybridized carbons (Fsp3) is 0.800. The third-order valence-corrected chi connectivity index (χ3v) is 2.65. The van der Waals surface area contributed by atoms with Crippen LogP contribution in [0.5, 0.6) is 0 Å². The Morgan fingerprint density at radius 3 is 2.63 bits per heavy atom. The fourth-order valence-corrected chi connectivity index (χ4v) is 1.50. The van der Waals surface area contributed by atoms with Crippen LogP contribution in [0.3, 0.4) is 0 Å². The number of aliphatic hydroxyl groups is 1. The third kappa shape index (κ3) is 4.70. The molecule has 0 saturated carbocycles. The quantitative estimate of drug-likeness (QED) is 0.212. The van der Waals surface area contributed by atoms with E-state index < -0.39 is 0 Å². The molecule has 0 aromatic heterocycles. The van der Waals surface area contributed by atoms with E-state index in [1.54, 1.807) is 0 Å². The van der Waals surface area contributed by atoms with Crippen LogP contribution >= 0.6 is 0 Å². The Balaban J connectivity index is 2.30. The average Bonchev–Trinajstić information content (AvgIpc) is 2.70. The van der Waals surface area contributed by atoms with Gasteiger partial charge in [0.15, 0.2) is 0 Å². The molecule has 0 aromatic carbocycles. The van der Waals surface area contributed by atoms with Gasteiger partial charge in [-0.25, -0.2) is 4.90 Å². The first kappa shape index (κ1) is 15.2. The average molecular weight is 274 g/mol. The second-order valence-electron chi connectivity index (χ2n) is 4.12. The van der Waals surface area contributed by atoms with E-state index in [-0.39, 0.29) is 43.0 Å². The highest BCUT2D eigenvalue weighted by atomic mass is 16.7. The molecule has 1 fully saturated rings. The molecule has 1 aliphatic rings. The fourth-order valence-electron chi connectivity index (χ4n) is 1.50. The molecule has 0 radical (unpaired) electrons. The second kappa shape index (κ2) is 7.52. The summed E-state index contributed by atoms with van der Waals surface area (Å²) in [6.45, 7) is 0.138. The van der Waals surface area contributed by atoms with Crippen molar-refractivity contribution in [3.63, 3.8) is 0 Å². The number of nitrogens with zero attached hydrogens (tertiary/aromatic N) is 4. The zero-order valence-corrected chi connectivity index (χ0v) is 10.8. The maximum atomic E-state index is 11.4.